The molecule has 0 spiro atoms. The first-order chi connectivity index (χ1) is 8.88. The molecule has 2 fully saturated rings. The van der Waals surface area contributed by atoms with Crippen molar-refractivity contribution in [1.29, 1.82) is 0 Å². The van der Waals surface area contributed by atoms with Gasteiger partial charge in [-0.3, -0.25) is 11.3 Å². The molecule has 2 heteroatoms. The van der Waals surface area contributed by atoms with Crippen LogP contribution in [0.1, 0.15) is 42.7 Å². The van der Waals surface area contributed by atoms with Gasteiger partial charge in [0.2, 0.25) is 0 Å². The first-order valence-corrected chi connectivity index (χ1v) is 7.42. The Hall–Kier alpha value is -0.860. The van der Waals surface area contributed by atoms with Crippen LogP contribution in [0.4, 0.5) is 0 Å². The smallest absolute Gasteiger partial charge is 0.0250 e. The van der Waals surface area contributed by atoms with Crippen LogP contribution in [0.5, 0.6) is 0 Å². The number of benzene rings is 1. The fourth-order valence-corrected chi connectivity index (χ4v) is 4.22. The van der Waals surface area contributed by atoms with Gasteiger partial charge in [0.15, 0.2) is 0 Å². The molecule has 3 N–H and O–H groups in total. The summed E-state index contributed by atoms with van der Waals surface area (Å²) in [6.07, 6.45) is 6.80. The van der Waals surface area contributed by atoms with Crippen LogP contribution in [-0.4, -0.2) is 6.04 Å². The lowest BCUT2D eigenvalue weighted by Gasteiger charge is -2.15. The Balaban J connectivity index is 1.56. The zero-order valence-corrected chi connectivity index (χ0v) is 10.8. The average molecular weight is 242 g/mol. The lowest BCUT2D eigenvalue weighted by molar-refractivity contribution is 0.400. The van der Waals surface area contributed by atoms with Gasteiger partial charge in [-0.05, 0) is 54.1 Å². The van der Waals surface area contributed by atoms with E-state index in [0.29, 0.717) is 6.04 Å². The molecule has 3 aliphatic carbocycles. The van der Waals surface area contributed by atoms with Crippen molar-refractivity contribution in [1.82, 2.24) is 5.43 Å². The summed E-state index contributed by atoms with van der Waals surface area (Å²) in [6.45, 7) is 0. The van der Waals surface area contributed by atoms with Crippen molar-refractivity contribution in [3.8, 4) is 0 Å². The second kappa shape index (κ2) is 4.07. The molecule has 0 aromatic heterocycles. The standard InChI is InChI=1S/C16H22N2/c17-18-14(9-10-5-6-10)16-13-8-7-11-3-1-2-4-12(11)15(13)16/h1-4,10,13-16,18H,5-9,17H2. The second-order valence-corrected chi connectivity index (χ2v) is 6.46. The lowest BCUT2D eigenvalue weighted by Crippen LogP contribution is -2.38. The first-order valence-electron chi connectivity index (χ1n) is 7.42. The largest absolute Gasteiger partial charge is 0.271 e. The topological polar surface area (TPSA) is 38.0 Å². The van der Waals surface area contributed by atoms with E-state index in [1.54, 1.807) is 11.1 Å². The van der Waals surface area contributed by atoms with Crippen LogP contribution >= 0.6 is 0 Å². The van der Waals surface area contributed by atoms with E-state index in [0.717, 1.165) is 23.7 Å². The molecule has 0 amide bonds. The predicted octanol–water partition coefficient (Wildman–Crippen LogP) is 2.59. The number of aryl methyl sites for hydroxylation is 1. The highest BCUT2D eigenvalue weighted by atomic mass is 15.2. The monoisotopic (exact) mass is 242 g/mol. The summed E-state index contributed by atoms with van der Waals surface area (Å²) in [6, 6.07) is 9.59. The van der Waals surface area contributed by atoms with Crippen LogP contribution in [0.25, 0.3) is 0 Å². The first kappa shape index (κ1) is 11.0. The number of nitrogens with two attached hydrogens (primary N) is 1. The predicted molar refractivity (Wildman–Crippen MR) is 72.9 cm³/mol. The van der Waals surface area contributed by atoms with E-state index in [4.69, 9.17) is 5.84 Å². The Labute approximate surface area is 109 Å². The molecule has 0 aliphatic heterocycles. The zero-order chi connectivity index (χ0) is 12.1. The summed E-state index contributed by atoms with van der Waals surface area (Å²) in [5.41, 5.74) is 6.33. The van der Waals surface area contributed by atoms with Gasteiger partial charge in [-0.25, -0.2) is 0 Å². The van der Waals surface area contributed by atoms with Gasteiger partial charge in [-0.15, -0.1) is 0 Å². The molecular weight excluding hydrogens is 220 g/mol. The van der Waals surface area contributed by atoms with E-state index >= 15 is 0 Å². The molecule has 4 rings (SSSR count). The molecule has 1 aromatic carbocycles. The number of hydrogen-bond acceptors (Lipinski definition) is 2. The normalized spacial score (nSPS) is 34.6. The average Bonchev–Trinajstić information content (AvgIpc) is 3.30. The van der Waals surface area contributed by atoms with Crippen molar-refractivity contribution in [2.24, 2.45) is 23.6 Å². The molecule has 3 aliphatic rings. The Kier molecular flexibility index (Phi) is 2.49. The van der Waals surface area contributed by atoms with E-state index in [2.05, 4.69) is 29.7 Å². The fraction of sp³-hybridized carbons (Fsp3) is 0.625. The molecule has 0 radical (unpaired) electrons. The Morgan fingerprint density at radius 1 is 1.22 bits per heavy atom. The second-order valence-electron chi connectivity index (χ2n) is 6.46. The van der Waals surface area contributed by atoms with Crippen molar-refractivity contribution < 1.29 is 0 Å². The molecule has 0 heterocycles. The fourth-order valence-electron chi connectivity index (χ4n) is 4.22. The summed E-state index contributed by atoms with van der Waals surface area (Å²) in [5, 5.41) is 0. The van der Waals surface area contributed by atoms with E-state index < -0.39 is 0 Å². The van der Waals surface area contributed by atoms with Crippen LogP contribution in [0, 0.1) is 17.8 Å². The summed E-state index contributed by atoms with van der Waals surface area (Å²) >= 11 is 0. The summed E-state index contributed by atoms with van der Waals surface area (Å²) in [5.74, 6) is 9.28. The highest BCUT2D eigenvalue weighted by Gasteiger charge is 2.56. The van der Waals surface area contributed by atoms with Crippen LogP contribution in [-0.2, 0) is 6.42 Å². The molecule has 0 saturated heterocycles. The summed E-state index contributed by atoms with van der Waals surface area (Å²) < 4.78 is 0. The maximum atomic E-state index is 5.81. The molecular formula is C16H22N2. The van der Waals surface area contributed by atoms with Gasteiger partial charge < -0.3 is 0 Å². The van der Waals surface area contributed by atoms with Gasteiger partial charge in [0, 0.05) is 6.04 Å². The molecule has 1 aromatic rings. The minimum absolute atomic E-state index is 0.554. The van der Waals surface area contributed by atoms with Crippen molar-refractivity contribution in [2.45, 2.75) is 44.1 Å². The van der Waals surface area contributed by atoms with Gasteiger partial charge in [0.1, 0.15) is 0 Å². The number of rotatable bonds is 4. The Bertz CT molecular complexity index is 452. The Morgan fingerprint density at radius 3 is 2.83 bits per heavy atom. The molecule has 4 unspecified atom stereocenters. The number of nitrogens with one attached hydrogen (secondary N) is 1. The van der Waals surface area contributed by atoms with Crippen molar-refractivity contribution in [2.75, 3.05) is 0 Å². The lowest BCUT2D eigenvalue weighted by atomic mass is 9.92. The molecule has 4 atom stereocenters. The third-order valence-corrected chi connectivity index (χ3v) is 5.35. The quantitative estimate of drug-likeness (QED) is 0.629. The van der Waals surface area contributed by atoms with Gasteiger partial charge in [-0.1, -0.05) is 37.1 Å². The highest BCUT2D eigenvalue weighted by Crippen LogP contribution is 2.62. The van der Waals surface area contributed by atoms with Crippen LogP contribution in [0.15, 0.2) is 24.3 Å². The summed E-state index contributed by atoms with van der Waals surface area (Å²) in [4.78, 5) is 0. The molecule has 2 nitrogen and oxygen atoms in total. The van der Waals surface area contributed by atoms with Crippen molar-refractivity contribution in [3.63, 3.8) is 0 Å². The van der Waals surface area contributed by atoms with Crippen LogP contribution < -0.4 is 11.3 Å². The number of hydrazine groups is 1. The van der Waals surface area contributed by atoms with Crippen molar-refractivity contribution >= 4 is 0 Å². The third-order valence-electron chi connectivity index (χ3n) is 5.35. The van der Waals surface area contributed by atoms with Gasteiger partial charge in [-0.2, -0.15) is 0 Å². The molecule has 18 heavy (non-hydrogen) atoms. The van der Waals surface area contributed by atoms with E-state index in [1.165, 1.54) is 32.1 Å². The third kappa shape index (κ3) is 1.70. The minimum Gasteiger partial charge on any atom is -0.271 e. The van der Waals surface area contributed by atoms with Crippen molar-refractivity contribution in [3.05, 3.63) is 35.4 Å². The van der Waals surface area contributed by atoms with Gasteiger partial charge >= 0.3 is 0 Å². The van der Waals surface area contributed by atoms with Crippen LogP contribution in [0.2, 0.25) is 0 Å². The van der Waals surface area contributed by atoms with Crippen LogP contribution in [0.3, 0.4) is 0 Å². The maximum absolute atomic E-state index is 5.81. The Morgan fingerprint density at radius 2 is 2.06 bits per heavy atom. The highest BCUT2D eigenvalue weighted by molar-refractivity contribution is 5.40. The molecule has 2 saturated carbocycles. The minimum atomic E-state index is 0.554. The van der Waals surface area contributed by atoms with E-state index in [9.17, 15) is 0 Å². The SMILES string of the molecule is NNC(CC1CC1)C1C2CCc3ccccc3C21. The van der Waals surface area contributed by atoms with Gasteiger partial charge in [0.25, 0.3) is 0 Å². The number of fused-ring (bicyclic) bond motifs is 3. The van der Waals surface area contributed by atoms with E-state index in [1.807, 2.05) is 0 Å². The maximum Gasteiger partial charge on any atom is 0.0250 e. The molecule has 0 bridgehead atoms. The van der Waals surface area contributed by atoms with E-state index in [-0.39, 0.29) is 0 Å². The zero-order valence-electron chi connectivity index (χ0n) is 10.8. The summed E-state index contributed by atoms with van der Waals surface area (Å²) in [7, 11) is 0. The molecule has 96 valence electrons. The van der Waals surface area contributed by atoms with Gasteiger partial charge in [0.05, 0.1) is 0 Å². The number of hydrogen-bond donors (Lipinski definition) is 2.